The lowest BCUT2D eigenvalue weighted by Gasteiger charge is -2.15. The Hall–Kier alpha value is -2.14. The molecular formula is C22H23ClN2O2. The summed E-state index contributed by atoms with van der Waals surface area (Å²) in [5.74, 6) is 0.673. The minimum Gasteiger partial charge on any atom is -0.477 e. The Balaban J connectivity index is 1.52. The average Bonchev–Trinajstić information content (AvgIpc) is 3.21. The molecule has 0 bridgehead atoms. The third kappa shape index (κ3) is 4.78. The number of fused-ring (bicyclic) bond motifs is 1. The van der Waals surface area contributed by atoms with Gasteiger partial charge in [0.25, 0.3) is 0 Å². The van der Waals surface area contributed by atoms with Gasteiger partial charge in [0.05, 0.1) is 18.7 Å². The Morgan fingerprint density at radius 1 is 1.15 bits per heavy atom. The molecule has 1 aliphatic rings. The van der Waals surface area contributed by atoms with E-state index in [1.807, 2.05) is 36.4 Å². The normalized spacial score (nSPS) is 16.7. The van der Waals surface area contributed by atoms with Crippen LogP contribution < -0.4 is 10.1 Å². The molecule has 0 aliphatic carbocycles. The molecule has 140 valence electrons. The van der Waals surface area contributed by atoms with Crippen LogP contribution in [0.5, 0.6) is 5.88 Å². The Kier molecular flexibility index (Phi) is 5.87. The van der Waals surface area contributed by atoms with E-state index in [9.17, 15) is 0 Å². The van der Waals surface area contributed by atoms with Crippen LogP contribution in [-0.2, 0) is 17.7 Å². The first-order chi connectivity index (χ1) is 13.3. The Labute approximate surface area is 164 Å². The zero-order valence-corrected chi connectivity index (χ0v) is 15.9. The van der Waals surface area contributed by atoms with Gasteiger partial charge in [-0.15, -0.1) is 0 Å². The lowest BCUT2D eigenvalue weighted by Crippen LogP contribution is -2.28. The second-order valence-corrected chi connectivity index (χ2v) is 7.25. The van der Waals surface area contributed by atoms with E-state index in [1.165, 1.54) is 5.56 Å². The van der Waals surface area contributed by atoms with Gasteiger partial charge in [-0.3, -0.25) is 0 Å². The van der Waals surface area contributed by atoms with Crippen LogP contribution in [0.1, 0.15) is 17.5 Å². The van der Waals surface area contributed by atoms with Crippen molar-refractivity contribution in [2.45, 2.75) is 25.4 Å². The molecule has 4 nitrogen and oxygen atoms in total. The van der Waals surface area contributed by atoms with Gasteiger partial charge >= 0.3 is 0 Å². The fourth-order valence-electron chi connectivity index (χ4n) is 3.28. The highest BCUT2D eigenvalue weighted by atomic mass is 35.5. The Bertz CT molecular complexity index is 895. The number of hydrogen-bond acceptors (Lipinski definition) is 4. The molecule has 1 fully saturated rings. The number of halogens is 1. The number of rotatable bonds is 7. The van der Waals surface area contributed by atoms with Crippen molar-refractivity contribution in [1.82, 2.24) is 10.3 Å². The maximum absolute atomic E-state index is 6.14. The Morgan fingerprint density at radius 3 is 2.85 bits per heavy atom. The van der Waals surface area contributed by atoms with Gasteiger partial charge in [-0.05, 0) is 30.2 Å². The summed E-state index contributed by atoms with van der Waals surface area (Å²) in [6.45, 7) is 2.89. The highest BCUT2D eigenvalue weighted by Gasteiger charge is 2.16. The van der Waals surface area contributed by atoms with Crippen molar-refractivity contribution in [2.24, 2.45) is 0 Å². The van der Waals surface area contributed by atoms with E-state index in [0.717, 1.165) is 42.5 Å². The number of benzene rings is 2. The van der Waals surface area contributed by atoms with Crippen LogP contribution in [-0.4, -0.2) is 30.8 Å². The van der Waals surface area contributed by atoms with E-state index in [0.29, 0.717) is 30.1 Å². The van der Waals surface area contributed by atoms with Gasteiger partial charge in [-0.2, -0.15) is 0 Å². The first-order valence-corrected chi connectivity index (χ1v) is 9.73. The summed E-state index contributed by atoms with van der Waals surface area (Å²) >= 11 is 6.14. The van der Waals surface area contributed by atoms with Crippen molar-refractivity contribution in [3.63, 3.8) is 0 Å². The summed E-state index contributed by atoms with van der Waals surface area (Å²) in [4.78, 5) is 4.73. The van der Waals surface area contributed by atoms with Gasteiger partial charge < -0.3 is 14.8 Å². The van der Waals surface area contributed by atoms with Crippen LogP contribution in [0.15, 0.2) is 54.6 Å². The lowest BCUT2D eigenvalue weighted by atomic mass is 10.1. The summed E-state index contributed by atoms with van der Waals surface area (Å²) < 4.78 is 11.5. The average molecular weight is 383 g/mol. The molecule has 1 atom stereocenters. The first kappa shape index (κ1) is 18.2. The van der Waals surface area contributed by atoms with Crippen molar-refractivity contribution >= 4 is 22.5 Å². The number of pyridine rings is 1. The molecule has 0 amide bonds. The minimum absolute atomic E-state index is 0.392. The number of aromatic nitrogens is 1. The van der Waals surface area contributed by atoms with E-state index >= 15 is 0 Å². The van der Waals surface area contributed by atoms with Crippen molar-refractivity contribution in [3.05, 3.63) is 70.7 Å². The van der Waals surface area contributed by atoms with Gasteiger partial charge in [-0.1, -0.05) is 48.0 Å². The smallest absolute Gasteiger partial charge is 0.218 e. The van der Waals surface area contributed by atoms with E-state index in [1.54, 1.807) is 0 Å². The van der Waals surface area contributed by atoms with Crippen LogP contribution in [0.25, 0.3) is 10.9 Å². The minimum atomic E-state index is 0.392. The van der Waals surface area contributed by atoms with Crippen LogP contribution in [0, 0.1) is 0 Å². The molecule has 5 heteroatoms. The van der Waals surface area contributed by atoms with Gasteiger partial charge in [0, 0.05) is 41.6 Å². The fourth-order valence-corrected chi connectivity index (χ4v) is 3.44. The first-order valence-electron chi connectivity index (χ1n) is 9.35. The predicted octanol–water partition coefficient (Wildman–Crippen LogP) is 4.39. The third-order valence-electron chi connectivity index (χ3n) is 4.80. The fraction of sp³-hybridized carbons (Fsp3) is 0.318. The van der Waals surface area contributed by atoms with Gasteiger partial charge in [-0.25, -0.2) is 4.98 Å². The molecule has 2 heterocycles. The highest BCUT2D eigenvalue weighted by Crippen LogP contribution is 2.25. The molecule has 1 N–H and O–H groups in total. The highest BCUT2D eigenvalue weighted by molar-refractivity contribution is 6.31. The molecule has 0 spiro atoms. The largest absolute Gasteiger partial charge is 0.477 e. The van der Waals surface area contributed by atoms with E-state index in [2.05, 4.69) is 23.5 Å². The number of ether oxygens (including phenoxy) is 2. The monoisotopic (exact) mass is 382 g/mol. The molecule has 27 heavy (non-hydrogen) atoms. The molecule has 1 unspecified atom stereocenters. The van der Waals surface area contributed by atoms with Crippen molar-refractivity contribution in [2.75, 3.05) is 19.8 Å². The van der Waals surface area contributed by atoms with Crippen LogP contribution in [0.2, 0.25) is 5.02 Å². The zero-order valence-electron chi connectivity index (χ0n) is 15.2. The molecule has 1 aromatic heterocycles. The number of nitrogens with one attached hydrogen (secondary N) is 1. The van der Waals surface area contributed by atoms with Crippen LogP contribution >= 0.6 is 11.6 Å². The van der Waals surface area contributed by atoms with Crippen molar-refractivity contribution in [1.29, 1.82) is 0 Å². The maximum atomic E-state index is 6.14. The van der Waals surface area contributed by atoms with Crippen molar-refractivity contribution < 1.29 is 9.47 Å². The number of hydrogen-bond donors (Lipinski definition) is 1. The second-order valence-electron chi connectivity index (χ2n) is 6.82. The standard InChI is InChI=1S/C22H23ClN2O2/c23-19-7-6-17-12-18(14-24-20-9-10-26-15-20)22(25-21(17)13-19)27-11-8-16-4-2-1-3-5-16/h1-7,12-13,20,24H,8-11,14-15H2. The molecule has 2 aromatic carbocycles. The maximum Gasteiger partial charge on any atom is 0.218 e. The molecule has 0 radical (unpaired) electrons. The van der Waals surface area contributed by atoms with Gasteiger partial charge in [0.2, 0.25) is 5.88 Å². The summed E-state index contributed by atoms with van der Waals surface area (Å²) in [5.41, 5.74) is 3.17. The van der Waals surface area contributed by atoms with Gasteiger partial charge in [0.1, 0.15) is 0 Å². The molecule has 3 aromatic rings. The van der Waals surface area contributed by atoms with Crippen LogP contribution in [0.3, 0.4) is 0 Å². The number of nitrogens with zero attached hydrogens (tertiary/aromatic N) is 1. The van der Waals surface area contributed by atoms with Crippen LogP contribution in [0.4, 0.5) is 0 Å². The van der Waals surface area contributed by atoms with Gasteiger partial charge in [0.15, 0.2) is 0 Å². The lowest BCUT2D eigenvalue weighted by molar-refractivity contribution is 0.189. The van der Waals surface area contributed by atoms with E-state index in [4.69, 9.17) is 26.1 Å². The summed E-state index contributed by atoms with van der Waals surface area (Å²) in [6.07, 6.45) is 1.89. The summed E-state index contributed by atoms with van der Waals surface area (Å²) in [7, 11) is 0. The molecule has 4 rings (SSSR count). The molecular weight excluding hydrogens is 360 g/mol. The second kappa shape index (κ2) is 8.70. The topological polar surface area (TPSA) is 43.4 Å². The quantitative estimate of drug-likeness (QED) is 0.658. The molecule has 1 saturated heterocycles. The molecule has 1 aliphatic heterocycles. The third-order valence-corrected chi connectivity index (χ3v) is 5.04. The van der Waals surface area contributed by atoms with E-state index < -0.39 is 0 Å². The SMILES string of the molecule is Clc1ccc2cc(CNC3CCOC3)c(OCCc3ccccc3)nc2c1. The molecule has 0 saturated carbocycles. The summed E-state index contributed by atoms with van der Waals surface area (Å²) in [5, 5.41) is 5.30. The van der Waals surface area contributed by atoms with E-state index in [-0.39, 0.29) is 0 Å². The Morgan fingerprint density at radius 2 is 2.04 bits per heavy atom. The zero-order chi connectivity index (χ0) is 18.5. The van der Waals surface area contributed by atoms with Crippen molar-refractivity contribution in [3.8, 4) is 5.88 Å². The summed E-state index contributed by atoms with van der Waals surface area (Å²) in [6, 6.07) is 18.6. The predicted molar refractivity (Wildman–Crippen MR) is 108 cm³/mol.